The predicted molar refractivity (Wildman–Crippen MR) is 150 cm³/mol. The number of halogens is 1. The third kappa shape index (κ3) is 4.89. The van der Waals surface area contributed by atoms with E-state index < -0.39 is 11.8 Å². The van der Waals surface area contributed by atoms with Gasteiger partial charge in [-0.15, -0.1) is 0 Å². The molecule has 1 saturated carbocycles. The molecule has 4 aromatic rings. The molecule has 10 heteroatoms. The fraction of sp³-hybridized carbons (Fsp3) is 0.375. The van der Waals surface area contributed by atoms with Gasteiger partial charge in [0, 0.05) is 30.2 Å². The number of carboxylic acids is 1. The van der Waals surface area contributed by atoms with Gasteiger partial charge in [-0.2, -0.15) is 5.26 Å². The molecule has 0 bridgehead atoms. The van der Waals surface area contributed by atoms with Crippen molar-refractivity contribution in [2.75, 3.05) is 19.7 Å². The van der Waals surface area contributed by atoms with E-state index in [2.05, 4.69) is 15.5 Å². The number of imidazole rings is 1. The van der Waals surface area contributed by atoms with Gasteiger partial charge in [0.05, 0.1) is 53.1 Å². The summed E-state index contributed by atoms with van der Waals surface area (Å²) < 4.78 is 28.0. The molecule has 3 atom stereocenters. The number of hydrogen-bond acceptors (Lipinski definition) is 7. The van der Waals surface area contributed by atoms with Gasteiger partial charge < -0.3 is 19.1 Å². The van der Waals surface area contributed by atoms with Crippen LogP contribution in [0, 0.1) is 23.1 Å². The zero-order valence-corrected chi connectivity index (χ0v) is 23.0. The summed E-state index contributed by atoms with van der Waals surface area (Å²) >= 11 is 0. The van der Waals surface area contributed by atoms with Crippen molar-refractivity contribution < 1.29 is 23.8 Å². The normalized spacial score (nSPS) is 23.1. The lowest BCUT2D eigenvalue weighted by Gasteiger charge is -2.32. The number of aromatic nitrogens is 3. The largest absolute Gasteiger partial charge is 0.478 e. The van der Waals surface area contributed by atoms with Crippen LogP contribution in [-0.2, 0) is 29.8 Å². The Balaban J connectivity index is 1.04. The Kier molecular flexibility index (Phi) is 6.64. The van der Waals surface area contributed by atoms with Gasteiger partial charge in [0.15, 0.2) is 0 Å². The number of benzene rings is 2. The van der Waals surface area contributed by atoms with E-state index in [-0.39, 0.29) is 29.3 Å². The third-order valence-corrected chi connectivity index (χ3v) is 8.99. The number of carbonyl (C=O) groups is 1. The number of pyridine rings is 1. The van der Waals surface area contributed by atoms with Crippen molar-refractivity contribution in [1.29, 1.82) is 5.26 Å². The van der Waals surface area contributed by atoms with Crippen LogP contribution < -0.4 is 4.74 Å². The summed E-state index contributed by atoms with van der Waals surface area (Å²) in [6, 6.07) is 17.2. The summed E-state index contributed by atoms with van der Waals surface area (Å²) in [4.78, 5) is 23.8. The van der Waals surface area contributed by atoms with Crippen LogP contribution in [0.15, 0.2) is 54.6 Å². The summed E-state index contributed by atoms with van der Waals surface area (Å²) in [6.07, 6.45) is 3.14. The zero-order chi connectivity index (χ0) is 28.8. The van der Waals surface area contributed by atoms with Crippen molar-refractivity contribution in [2.45, 2.75) is 50.5 Å². The molecular weight excluding hydrogens is 537 g/mol. The van der Waals surface area contributed by atoms with Gasteiger partial charge in [-0.05, 0) is 68.1 Å². The lowest BCUT2D eigenvalue weighted by Crippen LogP contribution is -2.37. The number of aromatic carboxylic acids is 1. The summed E-state index contributed by atoms with van der Waals surface area (Å²) in [5.41, 5.74) is 3.58. The highest BCUT2D eigenvalue weighted by molar-refractivity contribution is 5.92. The summed E-state index contributed by atoms with van der Waals surface area (Å²) in [5.74, 6) is 0.452. The van der Waals surface area contributed by atoms with Gasteiger partial charge >= 0.3 is 5.97 Å². The van der Waals surface area contributed by atoms with E-state index in [0.717, 1.165) is 61.5 Å². The highest BCUT2D eigenvalue weighted by Gasteiger charge is 2.58. The predicted octanol–water partition coefficient (Wildman–Crippen LogP) is 4.67. The Bertz CT molecular complexity index is 1730. The van der Waals surface area contributed by atoms with Gasteiger partial charge in [0.25, 0.3) is 0 Å². The number of carboxylic acid groups (broad SMARTS) is 1. The van der Waals surface area contributed by atoms with E-state index in [4.69, 9.17) is 24.7 Å². The molecule has 4 heterocycles. The van der Waals surface area contributed by atoms with Gasteiger partial charge in [-0.25, -0.2) is 19.2 Å². The quantitative estimate of drug-likeness (QED) is 0.310. The maximum Gasteiger partial charge on any atom is 0.335 e. The molecule has 0 amide bonds. The van der Waals surface area contributed by atoms with Crippen molar-refractivity contribution in [2.24, 2.45) is 5.92 Å². The molecule has 2 aromatic carbocycles. The Morgan fingerprint density at radius 1 is 1.21 bits per heavy atom. The number of nitrogens with zero attached hydrogens (tertiary/aromatic N) is 5. The molecule has 42 heavy (non-hydrogen) atoms. The van der Waals surface area contributed by atoms with E-state index in [1.165, 1.54) is 6.07 Å². The molecule has 9 nitrogen and oxygen atoms in total. The van der Waals surface area contributed by atoms with Crippen molar-refractivity contribution in [3.05, 3.63) is 88.6 Å². The second-order valence-corrected chi connectivity index (χ2v) is 11.5. The first-order valence-corrected chi connectivity index (χ1v) is 14.3. The molecule has 0 spiro atoms. The van der Waals surface area contributed by atoms with Crippen LogP contribution >= 0.6 is 0 Å². The highest BCUT2D eigenvalue weighted by Crippen LogP contribution is 2.59. The monoisotopic (exact) mass is 567 g/mol. The van der Waals surface area contributed by atoms with Gasteiger partial charge in [-0.1, -0.05) is 12.1 Å². The molecule has 214 valence electrons. The lowest BCUT2D eigenvalue weighted by molar-refractivity contribution is -0.0592. The van der Waals surface area contributed by atoms with Gasteiger partial charge in [-0.3, -0.25) is 4.90 Å². The first-order valence-electron chi connectivity index (χ1n) is 14.3. The van der Waals surface area contributed by atoms with E-state index in [0.29, 0.717) is 30.5 Å². The standard InChI is InChI=1S/C32H30FN5O4/c33-25-12-20(15-34)4-5-22(25)19-42-30-3-1-2-28(36-30)32-9-10-37(16-23(32)14-32)18-29-35-26-7-6-21(31(39)40)13-27(26)38(29)17-24-8-11-41-24/h1-7,12-13,23-24H,8-11,14,16-19H2,(H,39,40)/t23-,24+,32+/m1/s1. The van der Waals surface area contributed by atoms with Crippen molar-refractivity contribution in [3.8, 4) is 11.9 Å². The van der Waals surface area contributed by atoms with Crippen molar-refractivity contribution in [1.82, 2.24) is 19.4 Å². The molecule has 0 radical (unpaired) electrons. The van der Waals surface area contributed by atoms with Crippen LogP contribution in [-0.4, -0.2) is 56.3 Å². The van der Waals surface area contributed by atoms with E-state index in [9.17, 15) is 14.3 Å². The number of nitriles is 1. The molecule has 2 aromatic heterocycles. The van der Waals surface area contributed by atoms with Crippen molar-refractivity contribution in [3.63, 3.8) is 0 Å². The van der Waals surface area contributed by atoms with Crippen LogP contribution in [0.5, 0.6) is 5.88 Å². The van der Waals surface area contributed by atoms with E-state index in [1.54, 1.807) is 36.4 Å². The molecule has 2 saturated heterocycles. The van der Waals surface area contributed by atoms with Crippen LogP contribution in [0.3, 0.4) is 0 Å². The minimum absolute atomic E-state index is 0.0197. The summed E-state index contributed by atoms with van der Waals surface area (Å²) in [5, 5.41) is 18.5. The Morgan fingerprint density at radius 3 is 2.83 bits per heavy atom. The van der Waals surface area contributed by atoms with E-state index in [1.807, 2.05) is 12.1 Å². The summed E-state index contributed by atoms with van der Waals surface area (Å²) in [6.45, 7) is 3.97. The van der Waals surface area contributed by atoms with Crippen molar-refractivity contribution >= 4 is 17.0 Å². The highest BCUT2D eigenvalue weighted by atomic mass is 19.1. The number of rotatable bonds is 9. The zero-order valence-electron chi connectivity index (χ0n) is 23.0. The third-order valence-electron chi connectivity index (χ3n) is 8.99. The maximum absolute atomic E-state index is 14.3. The fourth-order valence-corrected chi connectivity index (χ4v) is 6.39. The van der Waals surface area contributed by atoms with Gasteiger partial charge in [0.2, 0.25) is 5.88 Å². The van der Waals surface area contributed by atoms with Crippen LogP contribution in [0.2, 0.25) is 0 Å². The number of fused-ring (bicyclic) bond motifs is 2. The topological polar surface area (TPSA) is 114 Å². The number of likely N-dealkylation sites (tertiary alicyclic amines) is 1. The van der Waals surface area contributed by atoms with Crippen LogP contribution in [0.1, 0.15) is 52.3 Å². The summed E-state index contributed by atoms with van der Waals surface area (Å²) in [7, 11) is 0. The number of piperidine rings is 1. The molecule has 1 N–H and O–H groups in total. The second-order valence-electron chi connectivity index (χ2n) is 11.5. The second kappa shape index (κ2) is 10.5. The van der Waals surface area contributed by atoms with Gasteiger partial charge in [0.1, 0.15) is 18.2 Å². The Hall–Kier alpha value is -4.33. The average molecular weight is 568 g/mol. The minimum Gasteiger partial charge on any atom is -0.478 e. The molecule has 3 aliphatic rings. The molecule has 1 aliphatic carbocycles. The molecule has 7 rings (SSSR count). The average Bonchev–Trinajstić information content (AvgIpc) is 3.62. The van der Waals surface area contributed by atoms with Crippen LogP contribution in [0.25, 0.3) is 11.0 Å². The minimum atomic E-state index is -0.948. The SMILES string of the molecule is N#Cc1ccc(COc2cccc([C@]34CCN(Cc5nc6ccc(C(=O)O)cc6n5C[C@@H]5CCO5)C[C@H]3C4)n2)c(F)c1. The Labute approximate surface area is 242 Å². The molecule has 2 aliphatic heterocycles. The molecule has 3 fully saturated rings. The number of hydrogen-bond donors (Lipinski definition) is 1. The maximum atomic E-state index is 14.3. The molecular formula is C32H30FN5O4. The number of ether oxygens (including phenoxy) is 2. The van der Waals surface area contributed by atoms with E-state index >= 15 is 0 Å². The van der Waals surface area contributed by atoms with Crippen LogP contribution in [0.4, 0.5) is 4.39 Å². The first kappa shape index (κ1) is 26.6. The lowest BCUT2D eigenvalue weighted by atomic mass is 9.91. The smallest absolute Gasteiger partial charge is 0.335 e. The Morgan fingerprint density at radius 2 is 2.10 bits per heavy atom. The first-order chi connectivity index (χ1) is 20.4. The fourth-order valence-electron chi connectivity index (χ4n) is 6.39. The molecule has 0 unspecified atom stereocenters.